The zero-order chi connectivity index (χ0) is 14.4. The van der Waals surface area contributed by atoms with Gasteiger partial charge in [-0.15, -0.1) is 0 Å². The molecule has 1 N–H and O–H groups in total. The Hall–Kier alpha value is -1.36. The van der Waals surface area contributed by atoms with Gasteiger partial charge in [0.1, 0.15) is 12.6 Å². The highest BCUT2D eigenvalue weighted by Crippen LogP contribution is 2.36. The second kappa shape index (κ2) is 4.88. The number of piperazine rings is 1. The Balaban J connectivity index is 1.95. The molecule has 1 heterocycles. The van der Waals surface area contributed by atoms with Crippen molar-refractivity contribution in [2.45, 2.75) is 32.7 Å². The molecule has 0 aromatic heterocycles. The normalized spacial score (nSPS) is 22.9. The van der Waals surface area contributed by atoms with Crippen molar-refractivity contribution in [1.29, 1.82) is 0 Å². The third-order valence-electron chi connectivity index (χ3n) is 3.98. The number of nitrogens with zero attached hydrogens (tertiary/aromatic N) is 1. The van der Waals surface area contributed by atoms with Crippen LogP contribution in [0.2, 0.25) is 0 Å². The van der Waals surface area contributed by atoms with Crippen molar-refractivity contribution in [2.24, 2.45) is 5.92 Å². The summed E-state index contributed by atoms with van der Waals surface area (Å²) in [6, 6.07) is 3.58. The molecule has 4 nitrogen and oxygen atoms in total. The summed E-state index contributed by atoms with van der Waals surface area (Å²) in [6.45, 7) is 4.10. The standard InChI is InChI=1S/C15H17BrN2O2/c1-8-5-11(6-9(2)13(8)16)18-7-12(19)17-14(15(18)20)10-3-4-10/h5-6,10,14H,3-4,7H2,1-2H3,(H,17,19). The minimum absolute atomic E-state index is 0.0215. The van der Waals surface area contributed by atoms with Crippen molar-refractivity contribution in [2.75, 3.05) is 11.4 Å². The van der Waals surface area contributed by atoms with Crippen LogP contribution in [0.5, 0.6) is 0 Å². The summed E-state index contributed by atoms with van der Waals surface area (Å²) >= 11 is 3.53. The number of hydrogen-bond acceptors (Lipinski definition) is 2. The van der Waals surface area contributed by atoms with Crippen LogP contribution in [0.4, 0.5) is 5.69 Å². The summed E-state index contributed by atoms with van der Waals surface area (Å²) in [6.07, 6.45) is 2.06. The zero-order valence-corrected chi connectivity index (χ0v) is 13.2. The number of carbonyl (C=O) groups excluding carboxylic acids is 2. The van der Waals surface area contributed by atoms with Crippen LogP contribution in [-0.4, -0.2) is 24.4 Å². The van der Waals surface area contributed by atoms with Gasteiger partial charge in [-0.3, -0.25) is 9.59 Å². The van der Waals surface area contributed by atoms with Gasteiger partial charge in [0.15, 0.2) is 0 Å². The van der Waals surface area contributed by atoms with Crippen LogP contribution in [0, 0.1) is 19.8 Å². The molecule has 2 fully saturated rings. The van der Waals surface area contributed by atoms with Crippen molar-refractivity contribution in [3.05, 3.63) is 27.7 Å². The lowest BCUT2D eigenvalue weighted by molar-refractivity contribution is -0.131. The second-order valence-electron chi connectivity index (χ2n) is 5.70. The third-order valence-corrected chi connectivity index (χ3v) is 5.23. The van der Waals surface area contributed by atoms with Gasteiger partial charge in [0.25, 0.3) is 0 Å². The first-order chi connectivity index (χ1) is 9.47. The molecule has 1 aliphatic carbocycles. The fourth-order valence-corrected chi connectivity index (χ4v) is 2.95. The van der Waals surface area contributed by atoms with Crippen LogP contribution in [0.25, 0.3) is 0 Å². The average Bonchev–Trinajstić information content (AvgIpc) is 3.22. The van der Waals surface area contributed by atoms with Crippen molar-refractivity contribution < 1.29 is 9.59 Å². The summed E-state index contributed by atoms with van der Waals surface area (Å²) in [4.78, 5) is 26.0. The number of hydrogen-bond donors (Lipinski definition) is 1. The smallest absolute Gasteiger partial charge is 0.250 e. The van der Waals surface area contributed by atoms with E-state index >= 15 is 0 Å². The first-order valence-corrected chi connectivity index (χ1v) is 7.64. The maximum absolute atomic E-state index is 12.6. The van der Waals surface area contributed by atoms with Gasteiger partial charge in [0.2, 0.25) is 11.8 Å². The lowest BCUT2D eigenvalue weighted by Crippen LogP contribution is -2.59. The minimum atomic E-state index is -0.333. The Morgan fingerprint density at radius 3 is 2.35 bits per heavy atom. The lowest BCUT2D eigenvalue weighted by atomic mass is 10.1. The Kier molecular flexibility index (Phi) is 3.32. The summed E-state index contributed by atoms with van der Waals surface area (Å²) < 4.78 is 1.05. The van der Waals surface area contributed by atoms with E-state index in [2.05, 4.69) is 21.2 Å². The highest BCUT2D eigenvalue weighted by atomic mass is 79.9. The van der Waals surface area contributed by atoms with Gasteiger partial charge in [-0.05, 0) is 55.9 Å². The topological polar surface area (TPSA) is 49.4 Å². The van der Waals surface area contributed by atoms with E-state index in [1.54, 1.807) is 4.90 Å². The minimum Gasteiger partial charge on any atom is -0.342 e. The molecule has 2 aliphatic rings. The molecule has 1 aromatic carbocycles. The van der Waals surface area contributed by atoms with Crippen LogP contribution >= 0.6 is 15.9 Å². The number of amides is 2. The Morgan fingerprint density at radius 2 is 1.80 bits per heavy atom. The van der Waals surface area contributed by atoms with Gasteiger partial charge >= 0.3 is 0 Å². The average molecular weight is 337 g/mol. The molecule has 2 amide bonds. The third kappa shape index (κ3) is 2.35. The molecule has 1 aliphatic heterocycles. The molecule has 5 heteroatoms. The first-order valence-electron chi connectivity index (χ1n) is 6.85. The predicted octanol–water partition coefficient (Wildman–Crippen LogP) is 2.31. The van der Waals surface area contributed by atoms with Crippen molar-refractivity contribution >= 4 is 33.4 Å². The number of carbonyl (C=O) groups is 2. The fourth-order valence-electron chi connectivity index (χ4n) is 2.72. The summed E-state index contributed by atoms with van der Waals surface area (Å²) in [5.74, 6) is 0.278. The molecule has 1 atom stereocenters. The SMILES string of the molecule is Cc1cc(N2CC(=O)NC(C3CC3)C2=O)cc(C)c1Br. The molecule has 1 aromatic rings. The Bertz CT molecular complexity index is 573. The number of benzene rings is 1. The molecule has 1 saturated heterocycles. The number of anilines is 1. The molecular weight excluding hydrogens is 320 g/mol. The molecule has 0 bridgehead atoms. The number of rotatable bonds is 2. The van der Waals surface area contributed by atoms with E-state index < -0.39 is 0 Å². The van der Waals surface area contributed by atoms with E-state index in [0.717, 1.165) is 34.1 Å². The van der Waals surface area contributed by atoms with Gasteiger partial charge in [-0.1, -0.05) is 15.9 Å². The molecule has 20 heavy (non-hydrogen) atoms. The highest BCUT2D eigenvalue weighted by molar-refractivity contribution is 9.10. The molecule has 1 unspecified atom stereocenters. The van der Waals surface area contributed by atoms with E-state index in [9.17, 15) is 9.59 Å². The molecule has 0 spiro atoms. The first kappa shape index (κ1) is 13.6. The zero-order valence-electron chi connectivity index (χ0n) is 11.6. The Labute approximate surface area is 126 Å². The summed E-state index contributed by atoms with van der Waals surface area (Å²) in [5, 5.41) is 2.83. The number of aryl methyl sites for hydroxylation is 2. The Morgan fingerprint density at radius 1 is 1.20 bits per heavy atom. The molecular formula is C15H17BrN2O2. The molecule has 1 saturated carbocycles. The number of nitrogens with one attached hydrogen (secondary N) is 1. The maximum atomic E-state index is 12.6. The van der Waals surface area contributed by atoms with E-state index in [-0.39, 0.29) is 24.4 Å². The van der Waals surface area contributed by atoms with Crippen LogP contribution in [-0.2, 0) is 9.59 Å². The van der Waals surface area contributed by atoms with E-state index in [4.69, 9.17) is 0 Å². The van der Waals surface area contributed by atoms with Gasteiger partial charge in [-0.25, -0.2) is 0 Å². The predicted molar refractivity (Wildman–Crippen MR) is 80.6 cm³/mol. The van der Waals surface area contributed by atoms with Crippen molar-refractivity contribution in [3.8, 4) is 0 Å². The summed E-state index contributed by atoms with van der Waals surface area (Å²) in [5.41, 5.74) is 2.96. The van der Waals surface area contributed by atoms with Crippen LogP contribution in [0.1, 0.15) is 24.0 Å². The monoisotopic (exact) mass is 336 g/mol. The van der Waals surface area contributed by atoms with Crippen LogP contribution in [0.15, 0.2) is 16.6 Å². The second-order valence-corrected chi connectivity index (χ2v) is 6.49. The van der Waals surface area contributed by atoms with Crippen molar-refractivity contribution in [3.63, 3.8) is 0 Å². The summed E-state index contributed by atoms with van der Waals surface area (Å²) in [7, 11) is 0. The fraction of sp³-hybridized carbons (Fsp3) is 0.467. The van der Waals surface area contributed by atoms with Gasteiger partial charge in [0.05, 0.1) is 0 Å². The van der Waals surface area contributed by atoms with Crippen LogP contribution in [0.3, 0.4) is 0 Å². The maximum Gasteiger partial charge on any atom is 0.250 e. The largest absolute Gasteiger partial charge is 0.342 e. The molecule has 0 radical (unpaired) electrons. The van der Waals surface area contributed by atoms with E-state index in [0.29, 0.717) is 5.92 Å². The van der Waals surface area contributed by atoms with E-state index in [1.165, 1.54) is 0 Å². The van der Waals surface area contributed by atoms with Crippen LogP contribution < -0.4 is 10.2 Å². The van der Waals surface area contributed by atoms with Gasteiger partial charge in [0, 0.05) is 10.2 Å². The number of halogens is 1. The highest BCUT2D eigenvalue weighted by Gasteiger charge is 2.43. The quantitative estimate of drug-likeness (QED) is 0.900. The van der Waals surface area contributed by atoms with Gasteiger partial charge in [-0.2, -0.15) is 0 Å². The molecule has 3 rings (SSSR count). The lowest BCUT2D eigenvalue weighted by Gasteiger charge is -2.33. The molecule has 106 valence electrons. The van der Waals surface area contributed by atoms with E-state index in [1.807, 2.05) is 26.0 Å². The van der Waals surface area contributed by atoms with Crippen molar-refractivity contribution in [1.82, 2.24) is 5.32 Å². The van der Waals surface area contributed by atoms with Gasteiger partial charge < -0.3 is 10.2 Å².